The van der Waals surface area contributed by atoms with Crippen molar-refractivity contribution >= 4 is 21.6 Å². The van der Waals surface area contributed by atoms with Crippen molar-refractivity contribution in [3.8, 4) is 11.6 Å². The highest BCUT2D eigenvalue weighted by Gasteiger charge is 2.01. The first kappa shape index (κ1) is 10.3. The van der Waals surface area contributed by atoms with Gasteiger partial charge >= 0.3 is 0 Å². The van der Waals surface area contributed by atoms with Crippen LogP contribution in [-0.2, 0) is 0 Å². The lowest BCUT2D eigenvalue weighted by Crippen LogP contribution is -1.92. The van der Waals surface area contributed by atoms with Gasteiger partial charge in [-0.3, -0.25) is 0 Å². The third kappa shape index (κ3) is 2.14. The van der Waals surface area contributed by atoms with E-state index in [4.69, 9.17) is 4.74 Å². The highest BCUT2D eigenvalue weighted by Crippen LogP contribution is 2.23. The summed E-state index contributed by atoms with van der Waals surface area (Å²) in [5.41, 5.74) is 0.762. The van der Waals surface area contributed by atoms with E-state index in [1.54, 1.807) is 16.8 Å². The highest BCUT2D eigenvalue weighted by atomic mass is 79.9. The molecule has 0 aliphatic carbocycles. The zero-order valence-corrected chi connectivity index (χ0v) is 10.3. The maximum absolute atomic E-state index is 5.65. The van der Waals surface area contributed by atoms with E-state index in [2.05, 4.69) is 26.0 Å². The topological polar surface area (TPSA) is 39.4 Å². The lowest BCUT2D eigenvalue weighted by molar-refractivity contribution is 0.462. The first-order valence-electron chi connectivity index (χ1n) is 5.05. The second kappa shape index (κ2) is 4.18. The average Bonchev–Trinajstić information content (AvgIpc) is 2.76. The molecule has 5 heteroatoms. The van der Waals surface area contributed by atoms with Gasteiger partial charge < -0.3 is 4.74 Å². The summed E-state index contributed by atoms with van der Waals surface area (Å²) in [6.07, 6.45) is 3.51. The van der Waals surface area contributed by atoms with Crippen molar-refractivity contribution in [3.63, 3.8) is 0 Å². The van der Waals surface area contributed by atoms with Crippen LogP contribution in [0.3, 0.4) is 0 Å². The van der Waals surface area contributed by atoms with Gasteiger partial charge in [-0.2, -0.15) is 10.1 Å². The van der Waals surface area contributed by atoms with Crippen molar-refractivity contribution in [3.05, 3.63) is 53.3 Å². The van der Waals surface area contributed by atoms with Crippen LogP contribution in [0, 0.1) is 0 Å². The van der Waals surface area contributed by atoms with Crippen molar-refractivity contribution in [2.24, 2.45) is 0 Å². The molecule has 4 nitrogen and oxygen atoms in total. The van der Waals surface area contributed by atoms with Gasteiger partial charge in [-0.05, 0) is 18.2 Å². The Morgan fingerprint density at radius 2 is 2.12 bits per heavy atom. The standard InChI is InChI=1S/C12H8BrN3O/c13-9-2-1-3-10(8-9)17-12-5-7-16-11(15-12)4-6-14-16/h1-8H. The van der Waals surface area contributed by atoms with Gasteiger partial charge in [0.1, 0.15) is 5.75 Å². The number of fused-ring (bicyclic) bond motifs is 1. The van der Waals surface area contributed by atoms with Gasteiger partial charge in [0.15, 0.2) is 5.65 Å². The Morgan fingerprint density at radius 3 is 3.00 bits per heavy atom. The van der Waals surface area contributed by atoms with Crippen LogP contribution in [-0.4, -0.2) is 14.6 Å². The molecule has 1 aromatic carbocycles. The van der Waals surface area contributed by atoms with Gasteiger partial charge in [0, 0.05) is 22.8 Å². The van der Waals surface area contributed by atoms with E-state index < -0.39 is 0 Å². The van der Waals surface area contributed by atoms with E-state index in [9.17, 15) is 0 Å². The monoisotopic (exact) mass is 289 g/mol. The SMILES string of the molecule is Brc1cccc(Oc2ccn3nccc3n2)c1. The van der Waals surface area contributed by atoms with Crippen LogP contribution in [0.2, 0.25) is 0 Å². The summed E-state index contributed by atoms with van der Waals surface area (Å²) in [6, 6.07) is 11.2. The number of ether oxygens (including phenoxy) is 1. The number of rotatable bonds is 2. The van der Waals surface area contributed by atoms with Gasteiger partial charge in [-0.15, -0.1) is 0 Å². The maximum Gasteiger partial charge on any atom is 0.222 e. The van der Waals surface area contributed by atoms with Crippen LogP contribution in [0.1, 0.15) is 0 Å². The minimum absolute atomic E-state index is 0.552. The Morgan fingerprint density at radius 1 is 1.18 bits per heavy atom. The molecule has 0 fully saturated rings. The molecule has 84 valence electrons. The van der Waals surface area contributed by atoms with Crippen molar-refractivity contribution in [1.29, 1.82) is 0 Å². The molecule has 0 atom stereocenters. The van der Waals surface area contributed by atoms with Crippen LogP contribution >= 0.6 is 15.9 Å². The van der Waals surface area contributed by atoms with Gasteiger partial charge in [0.2, 0.25) is 5.88 Å². The van der Waals surface area contributed by atoms with Crippen molar-refractivity contribution in [2.75, 3.05) is 0 Å². The fourth-order valence-electron chi connectivity index (χ4n) is 1.50. The van der Waals surface area contributed by atoms with E-state index in [1.807, 2.05) is 36.5 Å². The molecule has 0 spiro atoms. The molecule has 0 radical (unpaired) electrons. The highest BCUT2D eigenvalue weighted by molar-refractivity contribution is 9.10. The molecule has 0 aliphatic heterocycles. The van der Waals surface area contributed by atoms with Gasteiger partial charge in [0.05, 0.1) is 6.20 Å². The normalized spacial score (nSPS) is 10.6. The predicted molar refractivity (Wildman–Crippen MR) is 67.2 cm³/mol. The quantitative estimate of drug-likeness (QED) is 0.727. The Kier molecular flexibility index (Phi) is 2.53. The van der Waals surface area contributed by atoms with Crippen molar-refractivity contribution in [1.82, 2.24) is 14.6 Å². The summed E-state index contributed by atoms with van der Waals surface area (Å²) < 4.78 is 8.32. The molecule has 0 saturated heterocycles. The molecule has 3 rings (SSSR count). The summed E-state index contributed by atoms with van der Waals surface area (Å²) >= 11 is 3.39. The maximum atomic E-state index is 5.65. The molecule has 0 amide bonds. The Labute approximate surface area is 106 Å². The van der Waals surface area contributed by atoms with Gasteiger partial charge in [0.25, 0.3) is 0 Å². The molecular weight excluding hydrogens is 282 g/mol. The summed E-state index contributed by atoms with van der Waals surface area (Å²) in [5, 5.41) is 4.07. The number of halogens is 1. The lowest BCUT2D eigenvalue weighted by Gasteiger charge is -2.04. The Bertz CT molecular complexity index is 665. The predicted octanol–water partition coefficient (Wildman–Crippen LogP) is 3.28. The minimum Gasteiger partial charge on any atom is -0.439 e. The van der Waals surface area contributed by atoms with Crippen LogP contribution in [0.15, 0.2) is 53.3 Å². The molecule has 0 bridgehead atoms. The van der Waals surface area contributed by atoms with E-state index in [0.29, 0.717) is 5.88 Å². The second-order valence-electron chi connectivity index (χ2n) is 3.46. The Balaban J connectivity index is 1.94. The summed E-state index contributed by atoms with van der Waals surface area (Å²) in [5.74, 6) is 1.30. The third-order valence-electron chi connectivity index (χ3n) is 2.25. The largest absolute Gasteiger partial charge is 0.439 e. The lowest BCUT2D eigenvalue weighted by atomic mass is 10.3. The van der Waals surface area contributed by atoms with Gasteiger partial charge in [-0.1, -0.05) is 22.0 Å². The van der Waals surface area contributed by atoms with Crippen LogP contribution in [0.4, 0.5) is 0 Å². The third-order valence-corrected chi connectivity index (χ3v) is 2.74. The molecule has 0 aliphatic rings. The molecule has 2 heterocycles. The molecule has 0 unspecified atom stereocenters. The molecule has 0 N–H and O–H groups in total. The first-order valence-corrected chi connectivity index (χ1v) is 5.84. The fourth-order valence-corrected chi connectivity index (χ4v) is 1.88. The second-order valence-corrected chi connectivity index (χ2v) is 4.37. The summed E-state index contributed by atoms with van der Waals surface area (Å²) in [7, 11) is 0. The average molecular weight is 290 g/mol. The number of benzene rings is 1. The molecule has 0 saturated carbocycles. The first-order chi connectivity index (χ1) is 8.31. The van der Waals surface area contributed by atoms with Gasteiger partial charge in [-0.25, -0.2) is 4.52 Å². The van der Waals surface area contributed by atoms with Crippen LogP contribution in [0.5, 0.6) is 11.6 Å². The van der Waals surface area contributed by atoms with Crippen molar-refractivity contribution < 1.29 is 4.74 Å². The van der Waals surface area contributed by atoms with E-state index in [0.717, 1.165) is 15.9 Å². The summed E-state index contributed by atoms with van der Waals surface area (Å²) in [4.78, 5) is 4.32. The molecular formula is C12H8BrN3O. The van der Waals surface area contributed by atoms with Crippen molar-refractivity contribution in [2.45, 2.75) is 0 Å². The van der Waals surface area contributed by atoms with E-state index in [-0.39, 0.29) is 0 Å². The number of aromatic nitrogens is 3. The van der Waals surface area contributed by atoms with Crippen LogP contribution < -0.4 is 4.74 Å². The number of hydrogen-bond acceptors (Lipinski definition) is 3. The Hall–Kier alpha value is -1.88. The van der Waals surface area contributed by atoms with E-state index >= 15 is 0 Å². The molecule has 3 aromatic rings. The smallest absolute Gasteiger partial charge is 0.222 e. The zero-order chi connectivity index (χ0) is 11.7. The molecule has 2 aromatic heterocycles. The van der Waals surface area contributed by atoms with Crippen LogP contribution in [0.25, 0.3) is 5.65 Å². The minimum atomic E-state index is 0.552. The number of hydrogen-bond donors (Lipinski definition) is 0. The van der Waals surface area contributed by atoms with E-state index in [1.165, 1.54) is 0 Å². The summed E-state index contributed by atoms with van der Waals surface area (Å²) in [6.45, 7) is 0. The zero-order valence-electron chi connectivity index (χ0n) is 8.75. The molecule has 17 heavy (non-hydrogen) atoms. The number of nitrogens with zero attached hydrogens (tertiary/aromatic N) is 3. The fraction of sp³-hybridized carbons (Fsp3) is 0.